The third-order valence-corrected chi connectivity index (χ3v) is 2.47. The minimum Gasteiger partial charge on any atom is -0.497 e. The Morgan fingerprint density at radius 2 is 2.00 bits per heavy atom. The van der Waals surface area contributed by atoms with Crippen LogP contribution >= 0.6 is 0 Å². The van der Waals surface area contributed by atoms with E-state index in [1.165, 1.54) is 0 Å². The van der Waals surface area contributed by atoms with E-state index in [0.29, 0.717) is 17.0 Å². The van der Waals surface area contributed by atoms with Crippen LogP contribution in [-0.4, -0.2) is 18.2 Å². The molecule has 1 aromatic heterocycles. The lowest BCUT2D eigenvalue weighted by Crippen LogP contribution is -2.12. The van der Waals surface area contributed by atoms with Gasteiger partial charge in [-0.2, -0.15) is 0 Å². The van der Waals surface area contributed by atoms with Crippen LogP contribution < -0.4 is 10.5 Å². The van der Waals surface area contributed by atoms with Gasteiger partial charge in [0.2, 0.25) is 0 Å². The molecule has 88 valence electrons. The summed E-state index contributed by atoms with van der Waals surface area (Å²) in [5.41, 5.74) is 6.82. The predicted octanol–water partition coefficient (Wildman–Crippen LogP) is 1.76. The summed E-state index contributed by atoms with van der Waals surface area (Å²) >= 11 is 0. The van der Waals surface area contributed by atoms with E-state index in [9.17, 15) is 4.79 Å². The maximum Gasteiger partial charge on any atom is 0.254 e. The maximum absolute atomic E-state index is 11.3. The van der Waals surface area contributed by atoms with Gasteiger partial charge in [-0.25, -0.2) is 0 Å². The molecular formula is C12H12N2O3. The zero-order valence-electron chi connectivity index (χ0n) is 9.56. The first kappa shape index (κ1) is 11.2. The molecule has 5 heteroatoms. The van der Waals surface area contributed by atoms with E-state index < -0.39 is 5.91 Å². The highest BCUT2D eigenvalue weighted by molar-refractivity contribution is 5.99. The molecule has 2 N–H and O–H groups in total. The highest BCUT2D eigenvalue weighted by Gasteiger charge is 2.18. The zero-order chi connectivity index (χ0) is 12.4. The van der Waals surface area contributed by atoms with Crippen molar-refractivity contribution in [1.82, 2.24) is 5.16 Å². The second kappa shape index (κ2) is 4.29. The van der Waals surface area contributed by atoms with Crippen LogP contribution in [0.2, 0.25) is 0 Å². The summed E-state index contributed by atoms with van der Waals surface area (Å²) in [5.74, 6) is 0.604. The van der Waals surface area contributed by atoms with Crippen molar-refractivity contribution in [3.8, 4) is 17.0 Å². The number of benzene rings is 1. The molecule has 0 aliphatic rings. The van der Waals surface area contributed by atoms with Crippen molar-refractivity contribution in [3.63, 3.8) is 0 Å². The smallest absolute Gasteiger partial charge is 0.254 e. The van der Waals surface area contributed by atoms with E-state index in [1.807, 2.05) is 0 Å². The number of methoxy groups -OCH3 is 1. The molecule has 2 aromatic rings. The van der Waals surface area contributed by atoms with Gasteiger partial charge < -0.3 is 15.0 Å². The minimum atomic E-state index is -0.547. The van der Waals surface area contributed by atoms with Crippen LogP contribution in [0.3, 0.4) is 0 Å². The minimum absolute atomic E-state index is 0.315. The Hall–Kier alpha value is -2.30. The van der Waals surface area contributed by atoms with Crippen molar-refractivity contribution in [2.75, 3.05) is 7.11 Å². The van der Waals surface area contributed by atoms with Crippen LogP contribution in [0.4, 0.5) is 0 Å². The maximum atomic E-state index is 11.3. The van der Waals surface area contributed by atoms with Crippen molar-refractivity contribution in [2.24, 2.45) is 5.73 Å². The number of rotatable bonds is 3. The average Bonchev–Trinajstić information content (AvgIpc) is 2.71. The number of aryl methyl sites for hydroxylation is 1. The summed E-state index contributed by atoms with van der Waals surface area (Å²) in [5, 5.41) is 3.85. The molecule has 1 heterocycles. The Kier molecular flexibility index (Phi) is 2.82. The van der Waals surface area contributed by atoms with Crippen LogP contribution in [0.1, 0.15) is 16.1 Å². The zero-order valence-corrected chi connectivity index (χ0v) is 9.56. The normalized spacial score (nSPS) is 10.2. The highest BCUT2D eigenvalue weighted by atomic mass is 16.5. The van der Waals surface area contributed by atoms with Crippen LogP contribution in [0.5, 0.6) is 5.75 Å². The Morgan fingerprint density at radius 3 is 2.53 bits per heavy atom. The Balaban J connectivity index is 2.49. The molecule has 0 unspecified atom stereocenters. The number of ether oxygens (including phenoxy) is 1. The van der Waals surface area contributed by atoms with E-state index in [2.05, 4.69) is 5.16 Å². The fourth-order valence-corrected chi connectivity index (χ4v) is 1.61. The number of carbonyl (C=O) groups is 1. The van der Waals surface area contributed by atoms with Gasteiger partial charge in [0.05, 0.1) is 7.11 Å². The molecular weight excluding hydrogens is 220 g/mol. The van der Waals surface area contributed by atoms with Crippen molar-refractivity contribution >= 4 is 5.91 Å². The molecule has 2 rings (SSSR count). The fraction of sp³-hybridized carbons (Fsp3) is 0.167. The van der Waals surface area contributed by atoms with E-state index in [4.69, 9.17) is 15.0 Å². The summed E-state index contributed by atoms with van der Waals surface area (Å²) in [4.78, 5) is 11.3. The Morgan fingerprint density at radius 1 is 1.35 bits per heavy atom. The number of hydrogen-bond donors (Lipinski definition) is 1. The Bertz CT molecular complexity index is 543. The van der Waals surface area contributed by atoms with Gasteiger partial charge in [-0.3, -0.25) is 4.79 Å². The number of amides is 1. The SMILES string of the molecule is COc1ccc(-c2noc(C)c2C(N)=O)cc1. The van der Waals surface area contributed by atoms with Gasteiger partial charge in [-0.15, -0.1) is 0 Å². The molecule has 0 saturated carbocycles. The number of nitrogens with zero attached hydrogens (tertiary/aromatic N) is 1. The lowest BCUT2D eigenvalue weighted by molar-refractivity contribution is 0.0999. The molecule has 1 aromatic carbocycles. The number of hydrogen-bond acceptors (Lipinski definition) is 4. The van der Waals surface area contributed by atoms with Crippen LogP contribution in [0.25, 0.3) is 11.3 Å². The van der Waals surface area contributed by atoms with Crippen LogP contribution in [-0.2, 0) is 0 Å². The molecule has 17 heavy (non-hydrogen) atoms. The second-order valence-electron chi connectivity index (χ2n) is 3.56. The molecule has 0 aliphatic carbocycles. The largest absolute Gasteiger partial charge is 0.497 e. The summed E-state index contributed by atoms with van der Waals surface area (Å²) in [6.07, 6.45) is 0. The quantitative estimate of drug-likeness (QED) is 0.874. The van der Waals surface area contributed by atoms with Gasteiger partial charge >= 0.3 is 0 Å². The summed E-state index contributed by atoms with van der Waals surface area (Å²) in [7, 11) is 1.59. The number of primary amides is 1. The number of nitrogens with two attached hydrogens (primary N) is 1. The first-order chi connectivity index (χ1) is 8.13. The molecule has 0 radical (unpaired) electrons. The van der Waals surface area contributed by atoms with Crippen LogP contribution in [0.15, 0.2) is 28.8 Å². The van der Waals surface area contributed by atoms with Gasteiger partial charge in [0, 0.05) is 5.56 Å². The van der Waals surface area contributed by atoms with E-state index >= 15 is 0 Å². The lowest BCUT2D eigenvalue weighted by atomic mass is 10.1. The first-order valence-electron chi connectivity index (χ1n) is 5.04. The van der Waals surface area contributed by atoms with Crippen molar-refractivity contribution in [1.29, 1.82) is 0 Å². The van der Waals surface area contributed by atoms with Gasteiger partial charge in [0.25, 0.3) is 5.91 Å². The number of carbonyl (C=O) groups excluding carboxylic acids is 1. The molecule has 0 bridgehead atoms. The molecule has 0 aliphatic heterocycles. The van der Waals surface area contributed by atoms with E-state index in [-0.39, 0.29) is 0 Å². The second-order valence-corrected chi connectivity index (χ2v) is 3.56. The van der Waals surface area contributed by atoms with Crippen molar-refractivity contribution in [3.05, 3.63) is 35.6 Å². The predicted molar refractivity (Wildman–Crippen MR) is 61.7 cm³/mol. The van der Waals surface area contributed by atoms with Gasteiger partial charge in [0.1, 0.15) is 22.8 Å². The molecule has 0 fully saturated rings. The summed E-state index contributed by atoms with van der Waals surface area (Å²) < 4.78 is 10.0. The molecule has 0 atom stereocenters. The fourth-order valence-electron chi connectivity index (χ4n) is 1.61. The topological polar surface area (TPSA) is 78.3 Å². The van der Waals surface area contributed by atoms with Crippen LogP contribution in [0, 0.1) is 6.92 Å². The molecule has 5 nitrogen and oxygen atoms in total. The lowest BCUT2D eigenvalue weighted by Gasteiger charge is -2.01. The molecule has 0 spiro atoms. The van der Waals surface area contributed by atoms with E-state index in [1.54, 1.807) is 38.3 Å². The highest BCUT2D eigenvalue weighted by Crippen LogP contribution is 2.26. The number of aromatic nitrogens is 1. The first-order valence-corrected chi connectivity index (χ1v) is 5.04. The molecule has 1 amide bonds. The van der Waals surface area contributed by atoms with Crippen molar-refractivity contribution in [2.45, 2.75) is 6.92 Å². The Labute approximate surface area is 98.2 Å². The molecule has 0 saturated heterocycles. The average molecular weight is 232 g/mol. The summed E-state index contributed by atoms with van der Waals surface area (Å²) in [6, 6.07) is 7.15. The van der Waals surface area contributed by atoms with Gasteiger partial charge in [-0.05, 0) is 31.2 Å². The monoisotopic (exact) mass is 232 g/mol. The van der Waals surface area contributed by atoms with Gasteiger partial charge in [-0.1, -0.05) is 5.16 Å². The third-order valence-electron chi connectivity index (χ3n) is 2.47. The summed E-state index contributed by atoms with van der Waals surface area (Å²) in [6.45, 7) is 1.65. The van der Waals surface area contributed by atoms with Crippen molar-refractivity contribution < 1.29 is 14.1 Å². The van der Waals surface area contributed by atoms with Gasteiger partial charge in [0.15, 0.2) is 0 Å². The standard InChI is InChI=1S/C12H12N2O3/c1-7-10(12(13)15)11(14-17-7)8-3-5-9(16-2)6-4-8/h3-6H,1-2H3,(H2,13,15). The van der Waals surface area contributed by atoms with E-state index in [0.717, 1.165) is 11.3 Å². The third kappa shape index (κ3) is 1.99.